The van der Waals surface area contributed by atoms with Crippen molar-refractivity contribution in [1.82, 2.24) is 5.32 Å². The number of amides is 1. The maximum atomic E-state index is 12.1. The monoisotopic (exact) mass is 308 g/mol. The van der Waals surface area contributed by atoms with Crippen molar-refractivity contribution in [3.05, 3.63) is 66.2 Å². The van der Waals surface area contributed by atoms with Gasteiger partial charge in [-0.1, -0.05) is 48.5 Å². The fourth-order valence-electron chi connectivity index (χ4n) is 2.96. The second kappa shape index (κ2) is 6.97. The minimum Gasteiger partial charge on any atom is -0.326 e. The molecule has 0 spiro atoms. The average Bonchev–Trinajstić information content (AvgIpc) is 3.36. The number of carbonyl (C=O) groups is 1. The van der Waals surface area contributed by atoms with E-state index in [2.05, 4.69) is 47.9 Å². The zero-order chi connectivity index (χ0) is 16.1. The van der Waals surface area contributed by atoms with E-state index in [1.165, 1.54) is 18.4 Å². The van der Waals surface area contributed by atoms with E-state index in [9.17, 15) is 4.79 Å². The van der Waals surface area contributed by atoms with Crippen LogP contribution < -0.4 is 10.6 Å². The smallest absolute Gasteiger partial charge is 0.225 e. The predicted molar refractivity (Wildman–Crippen MR) is 94.5 cm³/mol. The molecule has 120 valence electrons. The first-order valence-corrected chi connectivity index (χ1v) is 8.32. The standard InChI is InChI=1S/C20H24N2O/c1-16(14-19(23)22-18-10-6-3-7-11-18)21-15-20(12-13-20)17-8-4-2-5-9-17/h2-11,16,21H,12-15H2,1H3,(H,22,23)/t16-/m0/s1. The number of benzene rings is 2. The molecule has 1 aliphatic carbocycles. The van der Waals surface area contributed by atoms with Crippen molar-refractivity contribution in [2.24, 2.45) is 0 Å². The molecule has 0 unspecified atom stereocenters. The Bertz CT molecular complexity index is 635. The molecule has 0 aromatic heterocycles. The Morgan fingerprint density at radius 3 is 2.26 bits per heavy atom. The highest BCUT2D eigenvalue weighted by Crippen LogP contribution is 2.47. The molecule has 0 aliphatic heterocycles. The molecule has 1 saturated carbocycles. The van der Waals surface area contributed by atoms with Crippen LogP contribution in [0.25, 0.3) is 0 Å². The SMILES string of the molecule is C[C@@H](CC(=O)Nc1ccccc1)NCC1(c2ccccc2)CC1. The molecule has 2 aromatic carbocycles. The molecule has 1 atom stereocenters. The maximum Gasteiger partial charge on any atom is 0.225 e. The van der Waals surface area contributed by atoms with E-state index in [0.29, 0.717) is 6.42 Å². The minimum absolute atomic E-state index is 0.0563. The van der Waals surface area contributed by atoms with Gasteiger partial charge < -0.3 is 10.6 Å². The summed E-state index contributed by atoms with van der Waals surface area (Å²) in [5, 5.41) is 6.48. The summed E-state index contributed by atoms with van der Waals surface area (Å²) in [7, 11) is 0. The van der Waals surface area contributed by atoms with Gasteiger partial charge in [-0.25, -0.2) is 0 Å². The highest BCUT2D eigenvalue weighted by molar-refractivity contribution is 5.90. The Labute approximate surface area is 138 Å². The number of hydrogen-bond donors (Lipinski definition) is 2. The molecular weight excluding hydrogens is 284 g/mol. The van der Waals surface area contributed by atoms with Gasteiger partial charge in [0.25, 0.3) is 0 Å². The minimum atomic E-state index is 0.0563. The number of para-hydroxylation sites is 1. The predicted octanol–water partition coefficient (Wildman–Crippen LogP) is 3.73. The number of carbonyl (C=O) groups excluding carboxylic acids is 1. The van der Waals surface area contributed by atoms with Crippen LogP contribution in [0.3, 0.4) is 0 Å². The average molecular weight is 308 g/mol. The van der Waals surface area contributed by atoms with Crippen molar-refractivity contribution < 1.29 is 4.79 Å². The lowest BCUT2D eigenvalue weighted by atomic mass is 9.95. The molecule has 1 aliphatic rings. The van der Waals surface area contributed by atoms with Gasteiger partial charge in [0, 0.05) is 30.1 Å². The molecule has 2 aromatic rings. The summed E-state index contributed by atoms with van der Waals surface area (Å²) in [6.07, 6.45) is 2.94. The second-order valence-corrected chi connectivity index (χ2v) is 6.55. The normalized spacial score (nSPS) is 16.6. The van der Waals surface area contributed by atoms with Crippen LogP contribution in [0.2, 0.25) is 0 Å². The molecule has 2 N–H and O–H groups in total. The van der Waals surface area contributed by atoms with Crippen molar-refractivity contribution in [2.75, 3.05) is 11.9 Å². The molecular formula is C20H24N2O. The van der Waals surface area contributed by atoms with E-state index in [1.54, 1.807) is 0 Å². The molecule has 3 rings (SSSR count). The lowest BCUT2D eigenvalue weighted by molar-refractivity contribution is -0.116. The summed E-state index contributed by atoms with van der Waals surface area (Å²) >= 11 is 0. The molecule has 0 bridgehead atoms. The van der Waals surface area contributed by atoms with E-state index in [1.807, 2.05) is 30.3 Å². The molecule has 23 heavy (non-hydrogen) atoms. The summed E-state index contributed by atoms with van der Waals surface area (Å²) in [4.78, 5) is 12.1. The summed E-state index contributed by atoms with van der Waals surface area (Å²) in [6, 6.07) is 20.5. The first-order chi connectivity index (χ1) is 11.2. The van der Waals surface area contributed by atoms with Gasteiger partial charge in [-0.05, 0) is 37.5 Å². The Morgan fingerprint density at radius 1 is 1.04 bits per heavy atom. The molecule has 1 amide bonds. The van der Waals surface area contributed by atoms with Crippen LogP contribution in [0.1, 0.15) is 31.7 Å². The van der Waals surface area contributed by atoms with Gasteiger partial charge in [0.1, 0.15) is 0 Å². The first-order valence-electron chi connectivity index (χ1n) is 8.32. The fraction of sp³-hybridized carbons (Fsp3) is 0.350. The van der Waals surface area contributed by atoms with E-state index >= 15 is 0 Å². The number of rotatable bonds is 7. The van der Waals surface area contributed by atoms with Crippen LogP contribution in [0, 0.1) is 0 Å². The number of hydrogen-bond acceptors (Lipinski definition) is 2. The molecule has 3 nitrogen and oxygen atoms in total. The summed E-state index contributed by atoms with van der Waals surface area (Å²) in [6.45, 7) is 3.02. The molecule has 0 radical (unpaired) electrons. The van der Waals surface area contributed by atoms with Crippen molar-refractivity contribution >= 4 is 11.6 Å². The Balaban J connectivity index is 1.47. The molecule has 0 saturated heterocycles. The molecule has 0 heterocycles. The van der Waals surface area contributed by atoms with Crippen molar-refractivity contribution in [3.8, 4) is 0 Å². The van der Waals surface area contributed by atoms with Crippen molar-refractivity contribution in [2.45, 2.75) is 37.6 Å². The fourth-order valence-corrected chi connectivity index (χ4v) is 2.96. The van der Waals surface area contributed by atoms with Gasteiger partial charge in [-0.15, -0.1) is 0 Å². The number of anilines is 1. The van der Waals surface area contributed by atoms with Gasteiger partial charge in [-0.3, -0.25) is 4.79 Å². The van der Waals surface area contributed by atoms with Crippen LogP contribution in [0.5, 0.6) is 0 Å². The van der Waals surface area contributed by atoms with Gasteiger partial charge in [0.2, 0.25) is 5.91 Å². The third-order valence-corrected chi connectivity index (χ3v) is 4.58. The van der Waals surface area contributed by atoms with Gasteiger partial charge >= 0.3 is 0 Å². The van der Waals surface area contributed by atoms with E-state index in [0.717, 1.165) is 12.2 Å². The Hall–Kier alpha value is -2.13. The van der Waals surface area contributed by atoms with Crippen molar-refractivity contribution in [1.29, 1.82) is 0 Å². The van der Waals surface area contributed by atoms with Gasteiger partial charge in [0.15, 0.2) is 0 Å². The summed E-state index contributed by atoms with van der Waals surface area (Å²) in [5.41, 5.74) is 2.55. The molecule has 1 fully saturated rings. The van der Waals surface area contributed by atoms with Gasteiger partial charge in [0.05, 0.1) is 0 Å². The van der Waals surface area contributed by atoms with Crippen LogP contribution in [0.15, 0.2) is 60.7 Å². The van der Waals surface area contributed by atoms with E-state index in [-0.39, 0.29) is 17.4 Å². The van der Waals surface area contributed by atoms with Crippen LogP contribution in [-0.2, 0) is 10.2 Å². The summed E-state index contributed by atoms with van der Waals surface area (Å²) in [5.74, 6) is 0.0563. The highest BCUT2D eigenvalue weighted by Gasteiger charge is 2.43. The Kier molecular flexibility index (Phi) is 4.77. The largest absolute Gasteiger partial charge is 0.326 e. The van der Waals surface area contributed by atoms with Crippen LogP contribution in [-0.4, -0.2) is 18.5 Å². The van der Waals surface area contributed by atoms with Crippen molar-refractivity contribution in [3.63, 3.8) is 0 Å². The van der Waals surface area contributed by atoms with E-state index in [4.69, 9.17) is 0 Å². The van der Waals surface area contributed by atoms with Gasteiger partial charge in [-0.2, -0.15) is 0 Å². The van der Waals surface area contributed by atoms with E-state index < -0.39 is 0 Å². The molecule has 3 heteroatoms. The zero-order valence-electron chi connectivity index (χ0n) is 13.6. The third-order valence-electron chi connectivity index (χ3n) is 4.58. The highest BCUT2D eigenvalue weighted by atomic mass is 16.1. The Morgan fingerprint density at radius 2 is 1.65 bits per heavy atom. The summed E-state index contributed by atoms with van der Waals surface area (Å²) < 4.78 is 0. The quantitative estimate of drug-likeness (QED) is 0.818. The first kappa shape index (κ1) is 15.8. The van der Waals surface area contributed by atoms with Crippen LogP contribution >= 0.6 is 0 Å². The number of nitrogens with one attached hydrogen (secondary N) is 2. The third kappa shape index (κ3) is 4.20. The van der Waals surface area contributed by atoms with Crippen LogP contribution in [0.4, 0.5) is 5.69 Å². The topological polar surface area (TPSA) is 41.1 Å². The lowest BCUT2D eigenvalue weighted by Crippen LogP contribution is -2.36. The second-order valence-electron chi connectivity index (χ2n) is 6.55. The zero-order valence-corrected chi connectivity index (χ0v) is 13.6. The lowest BCUT2D eigenvalue weighted by Gasteiger charge is -2.20. The maximum absolute atomic E-state index is 12.1.